The predicted octanol–water partition coefficient (Wildman–Crippen LogP) is 2.18. The van der Waals surface area contributed by atoms with Crippen LogP contribution in [0.15, 0.2) is 10.6 Å². The Morgan fingerprint density at radius 2 is 2.20 bits per heavy atom. The first-order chi connectivity index (χ1) is 9.72. The van der Waals surface area contributed by atoms with Gasteiger partial charge >= 0.3 is 0 Å². The van der Waals surface area contributed by atoms with Crippen molar-refractivity contribution in [2.75, 3.05) is 13.1 Å². The van der Waals surface area contributed by atoms with Crippen molar-refractivity contribution in [3.8, 4) is 0 Å². The highest BCUT2D eigenvalue weighted by Crippen LogP contribution is 2.31. The van der Waals surface area contributed by atoms with Crippen molar-refractivity contribution in [1.29, 1.82) is 0 Å². The molecule has 1 atom stereocenters. The van der Waals surface area contributed by atoms with Crippen LogP contribution in [0.25, 0.3) is 0 Å². The Morgan fingerprint density at radius 1 is 1.40 bits per heavy atom. The molecule has 1 aromatic rings. The monoisotopic (exact) mass is 277 g/mol. The Bertz CT molecular complexity index is 465. The zero-order valence-electron chi connectivity index (χ0n) is 12.1. The molecule has 2 heterocycles. The van der Waals surface area contributed by atoms with Gasteiger partial charge in [-0.05, 0) is 39.2 Å². The normalized spacial score (nSPS) is 24.4. The molecule has 2 fully saturated rings. The summed E-state index contributed by atoms with van der Waals surface area (Å²) in [6.07, 6.45) is 6.92. The summed E-state index contributed by atoms with van der Waals surface area (Å²) in [6.45, 7) is 3.36. The minimum absolute atomic E-state index is 0.153. The van der Waals surface area contributed by atoms with E-state index in [0.717, 1.165) is 43.7 Å². The lowest BCUT2D eigenvalue weighted by molar-refractivity contribution is -0.123. The maximum Gasteiger partial charge on any atom is 0.234 e. The van der Waals surface area contributed by atoms with Crippen LogP contribution in [0.1, 0.15) is 56.0 Å². The van der Waals surface area contributed by atoms with Gasteiger partial charge in [0.05, 0.1) is 18.3 Å². The number of hydrogen-bond donors (Lipinski definition) is 1. The molecule has 2 aliphatic rings. The van der Waals surface area contributed by atoms with Crippen LogP contribution in [0, 0.1) is 6.92 Å². The van der Waals surface area contributed by atoms with Gasteiger partial charge in [-0.2, -0.15) is 0 Å². The van der Waals surface area contributed by atoms with Gasteiger partial charge < -0.3 is 9.84 Å². The van der Waals surface area contributed by atoms with Gasteiger partial charge in [-0.3, -0.25) is 9.69 Å². The highest BCUT2D eigenvalue weighted by molar-refractivity contribution is 5.78. The van der Waals surface area contributed by atoms with E-state index in [-0.39, 0.29) is 11.9 Å². The van der Waals surface area contributed by atoms with Gasteiger partial charge in [0, 0.05) is 12.1 Å². The Kier molecular flexibility index (Phi) is 4.05. The summed E-state index contributed by atoms with van der Waals surface area (Å²) in [5.41, 5.74) is 0.905. The second kappa shape index (κ2) is 5.95. The molecule has 0 aromatic carbocycles. The molecule has 0 radical (unpaired) electrons. The molecule has 1 aromatic heterocycles. The van der Waals surface area contributed by atoms with E-state index in [9.17, 15) is 4.79 Å². The van der Waals surface area contributed by atoms with Crippen molar-refractivity contribution >= 4 is 5.91 Å². The molecule has 1 saturated carbocycles. The van der Waals surface area contributed by atoms with Crippen LogP contribution in [-0.2, 0) is 4.79 Å². The zero-order valence-corrected chi connectivity index (χ0v) is 12.1. The third-order valence-electron chi connectivity index (χ3n) is 4.41. The minimum Gasteiger partial charge on any atom is -0.359 e. The average Bonchev–Trinajstić information content (AvgIpc) is 3.11. The maximum absolute atomic E-state index is 12.1. The smallest absolute Gasteiger partial charge is 0.234 e. The van der Waals surface area contributed by atoms with E-state index in [2.05, 4.69) is 15.4 Å². The van der Waals surface area contributed by atoms with Gasteiger partial charge in [-0.15, -0.1) is 0 Å². The standard InChI is InChI=1S/C15H23N3O2/c1-11-9-14(20-17-11)13-7-4-8-18(13)10-15(19)16-12-5-2-3-6-12/h9,12-13H,2-8,10H2,1H3,(H,16,19)/t13-/m0/s1. The summed E-state index contributed by atoms with van der Waals surface area (Å²) in [6, 6.07) is 2.60. The number of nitrogens with zero attached hydrogens (tertiary/aromatic N) is 2. The van der Waals surface area contributed by atoms with Gasteiger partial charge in [0.1, 0.15) is 0 Å². The molecule has 0 unspecified atom stereocenters. The molecular weight excluding hydrogens is 254 g/mol. The van der Waals surface area contributed by atoms with E-state index in [1.807, 2.05) is 13.0 Å². The Morgan fingerprint density at radius 3 is 2.90 bits per heavy atom. The minimum atomic E-state index is 0.153. The van der Waals surface area contributed by atoms with E-state index in [4.69, 9.17) is 4.52 Å². The summed E-state index contributed by atoms with van der Waals surface area (Å²) < 4.78 is 5.37. The molecule has 20 heavy (non-hydrogen) atoms. The third kappa shape index (κ3) is 3.03. The second-order valence-corrected chi connectivity index (χ2v) is 6.05. The Labute approximate surface area is 119 Å². The molecule has 0 spiro atoms. The fourth-order valence-corrected chi connectivity index (χ4v) is 3.41. The van der Waals surface area contributed by atoms with Crippen molar-refractivity contribution in [3.05, 3.63) is 17.5 Å². The molecule has 110 valence electrons. The number of likely N-dealkylation sites (tertiary alicyclic amines) is 1. The summed E-state index contributed by atoms with van der Waals surface area (Å²) in [5, 5.41) is 7.11. The van der Waals surface area contributed by atoms with Crippen LogP contribution in [-0.4, -0.2) is 35.1 Å². The molecule has 1 saturated heterocycles. The van der Waals surface area contributed by atoms with Crippen LogP contribution in [0.4, 0.5) is 0 Å². The van der Waals surface area contributed by atoms with Crippen molar-refractivity contribution in [1.82, 2.24) is 15.4 Å². The quantitative estimate of drug-likeness (QED) is 0.916. The number of nitrogens with one attached hydrogen (secondary N) is 1. The van der Waals surface area contributed by atoms with Crippen LogP contribution in [0.2, 0.25) is 0 Å². The topological polar surface area (TPSA) is 58.4 Å². The lowest BCUT2D eigenvalue weighted by Gasteiger charge is -2.22. The molecule has 0 bridgehead atoms. The van der Waals surface area contributed by atoms with Gasteiger partial charge in [0.2, 0.25) is 5.91 Å². The van der Waals surface area contributed by atoms with E-state index in [0.29, 0.717) is 12.6 Å². The summed E-state index contributed by atoms with van der Waals surface area (Å²) >= 11 is 0. The van der Waals surface area contributed by atoms with E-state index in [1.165, 1.54) is 12.8 Å². The van der Waals surface area contributed by atoms with Crippen LogP contribution < -0.4 is 5.32 Å². The number of hydrogen-bond acceptors (Lipinski definition) is 4. The Hall–Kier alpha value is -1.36. The number of carbonyl (C=O) groups is 1. The fourth-order valence-electron chi connectivity index (χ4n) is 3.41. The number of aromatic nitrogens is 1. The van der Waals surface area contributed by atoms with Crippen LogP contribution in [0.3, 0.4) is 0 Å². The first kappa shape index (κ1) is 13.6. The molecule has 5 nitrogen and oxygen atoms in total. The number of amides is 1. The molecule has 1 aliphatic heterocycles. The lowest BCUT2D eigenvalue weighted by atomic mass is 10.1. The first-order valence-electron chi connectivity index (χ1n) is 7.69. The molecule has 3 rings (SSSR count). The molecule has 1 aliphatic carbocycles. The van der Waals surface area contributed by atoms with Gasteiger partial charge in [0.25, 0.3) is 0 Å². The van der Waals surface area contributed by atoms with Crippen molar-refractivity contribution in [3.63, 3.8) is 0 Å². The van der Waals surface area contributed by atoms with Crippen molar-refractivity contribution in [2.45, 2.75) is 57.5 Å². The predicted molar refractivity (Wildman–Crippen MR) is 75.2 cm³/mol. The lowest BCUT2D eigenvalue weighted by Crippen LogP contribution is -2.40. The highest BCUT2D eigenvalue weighted by Gasteiger charge is 2.30. The van der Waals surface area contributed by atoms with E-state index < -0.39 is 0 Å². The Balaban J connectivity index is 1.56. The first-order valence-corrected chi connectivity index (χ1v) is 7.69. The molecule has 1 N–H and O–H groups in total. The maximum atomic E-state index is 12.1. The van der Waals surface area contributed by atoms with E-state index >= 15 is 0 Å². The molecule has 1 amide bonds. The zero-order chi connectivity index (χ0) is 13.9. The van der Waals surface area contributed by atoms with E-state index in [1.54, 1.807) is 0 Å². The fraction of sp³-hybridized carbons (Fsp3) is 0.733. The van der Waals surface area contributed by atoms with Crippen molar-refractivity contribution < 1.29 is 9.32 Å². The SMILES string of the molecule is Cc1cc([C@@H]2CCCN2CC(=O)NC2CCCC2)on1. The number of carbonyl (C=O) groups excluding carboxylic acids is 1. The average molecular weight is 277 g/mol. The summed E-state index contributed by atoms with van der Waals surface area (Å²) in [4.78, 5) is 14.4. The second-order valence-electron chi connectivity index (χ2n) is 6.05. The number of aryl methyl sites for hydroxylation is 1. The molecule has 5 heteroatoms. The highest BCUT2D eigenvalue weighted by atomic mass is 16.5. The van der Waals surface area contributed by atoms with Crippen molar-refractivity contribution in [2.24, 2.45) is 0 Å². The summed E-state index contributed by atoms with van der Waals surface area (Å²) in [7, 11) is 0. The van der Waals surface area contributed by atoms with Crippen LogP contribution in [0.5, 0.6) is 0 Å². The largest absolute Gasteiger partial charge is 0.359 e. The summed E-state index contributed by atoms with van der Waals surface area (Å²) in [5.74, 6) is 1.05. The van der Waals surface area contributed by atoms with Gasteiger partial charge in [0.15, 0.2) is 5.76 Å². The number of rotatable bonds is 4. The third-order valence-corrected chi connectivity index (χ3v) is 4.41. The van der Waals surface area contributed by atoms with Gasteiger partial charge in [-0.25, -0.2) is 0 Å². The molecular formula is C15H23N3O2. The van der Waals surface area contributed by atoms with Crippen LogP contribution >= 0.6 is 0 Å². The van der Waals surface area contributed by atoms with Gasteiger partial charge in [-0.1, -0.05) is 18.0 Å².